The molecular formula is C14H10Cl5NO5. The molecule has 0 spiro atoms. The zero-order chi connectivity index (χ0) is 18.9. The predicted octanol–water partition coefficient (Wildman–Crippen LogP) is 4.35. The van der Waals surface area contributed by atoms with Gasteiger partial charge in [-0.05, 0) is 0 Å². The van der Waals surface area contributed by atoms with Gasteiger partial charge in [-0.15, -0.1) is 0 Å². The Morgan fingerprint density at radius 2 is 1.36 bits per heavy atom. The first kappa shape index (κ1) is 20.4. The minimum absolute atomic E-state index is 0.0446. The molecule has 2 rings (SSSR count). The number of carbonyl (C=O) groups is 2. The largest absolute Gasteiger partial charge is 0.466 e. The van der Waals surface area contributed by atoms with Crippen molar-refractivity contribution in [3.63, 3.8) is 0 Å². The first-order valence-corrected chi connectivity index (χ1v) is 8.41. The molecule has 0 fully saturated rings. The third-order valence-corrected chi connectivity index (χ3v) is 5.55. The molecule has 0 saturated heterocycles. The van der Waals surface area contributed by atoms with E-state index in [9.17, 15) is 9.59 Å². The molecule has 1 heterocycles. The van der Waals surface area contributed by atoms with Gasteiger partial charge in [0.25, 0.3) is 0 Å². The summed E-state index contributed by atoms with van der Waals surface area (Å²) in [5.41, 5.74) is -0.182. The van der Waals surface area contributed by atoms with Crippen LogP contribution in [0.1, 0.15) is 0 Å². The molecule has 0 unspecified atom stereocenters. The van der Waals surface area contributed by atoms with Crippen LogP contribution in [-0.4, -0.2) is 39.5 Å². The lowest BCUT2D eigenvalue weighted by Gasteiger charge is -2.33. The maximum Gasteiger partial charge on any atom is 0.355 e. The van der Waals surface area contributed by atoms with Gasteiger partial charge in [-0.1, -0.05) is 58.0 Å². The number of carbonyl (C=O) groups excluding carboxylic acids is 2. The van der Waals surface area contributed by atoms with Crippen LogP contribution in [0.2, 0.25) is 25.1 Å². The second-order valence-corrected chi connectivity index (χ2v) is 6.52. The molecule has 6 nitrogen and oxygen atoms in total. The van der Waals surface area contributed by atoms with Crippen LogP contribution in [0, 0.1) is 0 Å². The molecular weight excluding hydrogens is 439 g/mol. The fourth-order valence-corrected chi connectivity index (χ4v) is 3.48. The van der Waals surface area contributed by atoms with E-state index in [0.717, 1.165) is 7.11 Å². The van der Waals surface area contributed by atoms with Crippen LogP contribution in [0.15, 0.2) is 11.3 Å². The fourth-order valence-electron chi connectivity index (χ4n) is 2.15. The minimum atomic E-state index is -0.821. The minimum Gasteiger partial charge on any atom is -0.466 e. The molecule has 1 aliphatic rings. The summed E-state index contributed by atoms with van der Waals surface area (Å²) < 4.78 is 14.8. The van der Waals surface area contributed by atoms with Gasteiger partial charge in [0.15, 0.2) is 0 Å². The van der Waals surface area contributed by atoms with Crippen LogP contribution in [-0.2, 0) is 23.8 Å². The molecule has 0 aliphatic carbocycles. The van der Waals surface area contributed by atoms with Crippen molar-refractivity contribution in [2.45, 2.75) is 0 Å². The van der Waals surface area contributed by atoms with E-state index >= 15 is 0 Å². The SMILES string of the molecule is COC(=O)C1=C(C(=O)OC)N(c2c(Cl)c(Cl)c(Cl)c(Cl)c2Cl)COC1. The highest BCUT2D eigenvalue weighted by molar-refractivity contribution is 6.56. The average Bonchev–Trinajstić information content (AvgIpc) is 2.63. The average molecular weight is 450 g/mol. The number of anilines is 1. The number of benzene rings is 1. The van der Waals surface area contributed by atoms with Crippen molar-refractivity contribution in [3.05, 3.63) is 36.4 Å². The highest BCUT2D eigenvalue weighted by atomic mass is 35.5. The third-order valence-electron chi connectivity index (χ3n) is 3.29. The van der Waals surface area contributed by atoms with Crippen LogP contribution in [0.3, 0.4) is 0 Å². The lowest BCUT2D eigenvalue weighted by Crippen LogP contribution is -2.39. The number of rotatable bonds is 3. The van der Waals surface area contributed by atoms with Gasteiger partial charge in [-0.25, -0.2) is 9.59 Å². The molecule has 11 heteroatoms. The maximum absolute atomic E-state index is 12.3. The number of hydrogen-bond donors (Lipinski definition) is 0. The van der Waals surface area contributed by atoms with Crippen LogP contribution in [0.4, 0.5) is 5.69 Å². The molecule has 0 amide bonds. The van der Waals surface area contributed by atoms with Gasteiger partial charge >= 0.3 is 11.9 Å². The summed E-state index contributed by atoms with van der Waals surface area (Å²) in [6, 6.07) is 0. The van der Waals surface area contributed by atoms with Gasteiger partial charge in [0.1, 0.15) is 12.4 Å². The Morgan fingerprint density at radius 3 is 1.84 bits per heavy atom. The lowest BCUT2D eigenvalue weighted by molar-refractivity contribution is -0.140. The monoisotopic (exact) mass is 447 g/mol. The van der Waals surface area contributed by atoms with E-state index in [1.165, 1.54) is 12.0 Å². The van der Waals surface area contributed by atoms with Crippen molar-refractivity contribution in [2.24, 2.45) is 0 Å². The van der Waals surface area contributed by atoms with E-state index in [-0.39, 0.29) is 55.4 Å². The Bertz CT molecular complexity index is 750. The summed E-state index contributed by atoms with van der Waals surface area (Å²) in [5, 5.41) is -0.324. The topological polar surface area (TPSA) is 65.1 Å². The number of hydrogen-bond acceptors (Lipinski definition) is 6. The summed E-state index contributed by atoms with van der Waals surface area (Å²) in [6.45, 7) is -0.337. The zero-order valence-corrected chi connectivity index (χ0v) is 16.6. The third kappa shape index (κ3) is 3.65. The summed E-state index contributed by atoms with van der Waals surface area (Å²) in [7, 11) is 2.32. The molecule has 1 aromatic carbocycles. The maximum atomic E-state index is 12.3. The number of methoxy groups -OCH3 is 2. The first-order valence-electron chi connectivity index (χ1n) is 6.52. The Balaban J connectivity index is 2.77. The van der Waals surface area contributed by atoms with Gasteiger partial charge in [-0.2, -0.15) is 0 Å². The summed E-state index contributed by atoms with van der Waals surface area (Å²) in [6.07, 6.45) is 0. The number of esters is 2. The van der Waals surface area contributed by atoms with E-state index in [2.05, 4.69) is 4.74 Å². The molecule has 136 valence electrons. The van der Waals surface area contributed by atoms with Crippen molar-refractivity contribution in [1.29, 1.82) is 0 Å². The van der Waals surface area contributed by atoms with Crippen molar-refractivity contribution < 1.29 is 23.8 Å². The van der Waals surface area contributed by atoms with E-state index in [0.29, 0.717) is 0 Å². The molecule has 1 aliphatic heterocycles. The lowest BCUT2D eigenvalue weighted by atomic mass is 10.1. The van der Waals surface area contributed by atoms with Crippen LogP contribution in [0.5, 0.6) is 0 Å². The summed E-state index contributed by atoms with van der Waals surface area (Å²) >= 11 is 30.6. The van der Waals surface area contributed by atoms with E-state index in [1.54, 1.807) is 0 Å². The molecule has 25 heavy (non-hydrogen) atoms. The van der Waals surface area contributed by atoms with E-state index in [4.69, 9.17) is 67.5 Å². The molecule has 0 saturated carbocycles. The van der Waals surface area contributed by atoms with Crippen molar-refractivity contribution >= 4 is 75.6 Å². The van der Waals surface area contributed by atoms with Crippen molar-refractivity contribution in [3.8, 4) is 0 Å². The van der Waals surface area contributed by atoms with E-state index < -0.39 is 11.9 Å². The van der Waals surface area contributed by atoms with Crippen LogP contribution >= 0.6 is 58.0 Å². The number of nitrogens with zero attached hydrogens (tertiary/aromatic N) is 1. The molecule has 0 aromatic heterocycles. The Kier molecular flexibility index (Phi) is 6.70. The molecule has 0 N–H and O–H groups in total. The van der Waals surface area contributed by atoms with Crippen LogP contribution < -0.4 is 4.90 Å². The second-order valence-electron chi connectivity index (χ2n) is 4.63. The number of ether oxygens (including phenoxy) is 3. The van der Waals surface area contributed by atoms with Gasteiger partial charge < -0.3 is 19.1 Å². The molecule has 1 aromatic rings. The highest BCUT2D eigenvalue weighted by Crippen LogP contribution is 2.49. The summed E-state index contributed by atoms with van der Waals surface area (Å²) in [5.74, 6) is -1.60. The molecule has 0 bridgehead atoms. The van der Waals surface area contributed by atoms with Gasteiger partial charge in [-0.3, -0.25) is 0 Å². The first-order chi connectivity index (χ1) is 11.8. The van der Waals surface area contributed by atoms with Gasteiger partial charge in [0, 0.05) is 0 Å². The zero-order valence-electron chi connectivity index (χ0n) is 12.8. The van der Waals surface area contributed by atoms with Crippen molar-refractivity contribution in [2.75, 3.05) is 32.5 Å². The Hall–Kier alpha value is -0.890. The number of halogens is 5. The summed E-state index contributed by atoms with van der Waals surface area (Å²) in [4.78, 5) is 25.5. The smallest absolute Gasteiger partial charge is 0.355 e. The van der Waals surface area contributed by atoms with Gasteiger partial charge in [0.05, 0.1) is 57.2 Å². The Labute approximate surface area is 168 Å². The highest BCUT2D eigenvalue weighted by Gasteiger charge is 2.35. The Morgan fingerprint density at radius 1 is 0.880 bits per heavy atom. The normalized spacial score (nSPS) is 14.6. The predicted molar refractivity (Wildman–Crippen MR) is 95.8 cm³/mol. The van der Waals surface area contributed by atoms with Crippen LogP contribution in [0.25, 0.3) is 0 Å². The molecule has 0 atom stereocenters. The van der Waals surface area contributed by atoms with E-state index in [1.807, 2.05) is 0 Å². The standard InChI is InChI=1S/C14H10Cl5NO5/c1-23-13(21)5-3-25-4-20(11(5)14(22)24-2)12-9(18)7(16)6(15)8(17)10(12)19/h3-4H2,1-2H3. The van der Waals surface area contributed by atoms with Crippen molar-refractivity contribution in [1.82, 2.24) is 0 Å². The molecule has 0 radical (unpaired) electrons. The second kappa shape index (κ2) is 8.20. The quantitative estimate of drug-likeness (QED) is 0.388. The van der Waals surface area contributed by atoms with Gasteiger partial charge in [0.2, 0.25) is 0 Å². The fraction of sp³-hybridized carbons (Fsp3) is 0.286.